The van der Waals surface area contributed by atoms with Crippen molar-refractivity contribution in [3.05, 3.63) is 34.1 Å². The molecule has 1 atom stereocenters. The van der Waals surface area contributed by atoms with Crippen molar-refractivity contribution in [3.63, 3.8) is 0 Å². The SMILES string of the molecule is C[C@@H]1COc2c(N3CCN(C)CC3)ccc3c(=O)c(C(=O)O)cn1c23. The van der Waals surface area contributed by atoms with Gasteiger partial charge < -0.3 is 24.2 Å². The van der Waals surface area contributed by atoms with Gasteiger partial charge in [-0.15, -0.1) is 0 Å². The van der Waals surface area contributed by atoms with Crippen molar-refractivity contribution in [2.75, 3.05) is 44.7 Å². The Balaban J connectivity index is 1.94. The minimum atomic E-state index is -1.20. The first-order chi connectivity index (χ1) is 12.0. The predicted octanol–water partition coefficient (Wildman–Crippen LogP) is 1.40. The van der Waals surface area contributed by atoms with Crippen LogP contribution < -0.4 is 15.1 Å². The normalized spacial score (nSPS) is 20.6. The number of carboxylic acid groups (broad SMARTS) is 1. The lowest BCUT2D eigenvalue weighted by atomic mass is 10.1. The van der Waals surface area contributed by atoms with Gasteiger partial charge in [0, 0.05) is 32.4 Å². The highest BCUT2D eigenvalue weighted by Crippen LogP contribution is 2.40. The fourth-order valence-corrected chi connectivity index (χ4v) is 3.63. The predicted molar refractivity (Wildman–Crippen MR) is 95.1 cm³/mol. The lowest BCUT2D eigenvalue weighted by molar-refractivity contribution is 0.0694. The van der Waals surface area contributed by atoms with Crippen LogP contribution in [0.15, 0.2) is 23.1 Å². The van der Waals surface area contributed by atoms with Crippen molar-refractivity contribution in [2.24, 2.45) is 0 Å². The Labute approximate surface area is 145 Å². The summed E-state index contributed by atoms with van der Waals surface area (Å²) < 4.78 is 7.89. The molecule has 0 amide bonds. The van der Waals surface area contributed by atoms with Crippen LogP contribution >= 0.6 is 0 Å². The highest BCUT2D eigenvalue weighted by molar-refractivity contribution is 5.97. The van der Waals surface area contributed by atoms with E-state index >= 15 is 0 Å². The van der Waals surface area contributed by atoms with Crippen molar-refractivity contribution in [3.8, 4) is 5.75 Å². The number of carbonyl (C=O) groups is 1. The molecule has 1 saturated heterocycles. The molecule has 0 spiro atoms. The summed E-state index contributed by atoms with van der Waals surface area (Å²) in [6, 6.07) is 3.59. The molecule has 1 aromatic heterocycles. The number of aromatic nitrogens is 1. The van der Waals surface area contributed by atoms with Gasteiger partial charge >= 0.3 is 5.97 Å². The third-order valence-electron chi connectivity index (χ3n) is 5.14. The zero-order chi connectivity index (χ0) is 17.7. The average molecular weight is 343 g/mol. The molecule has 2 aromatic rings. The van der Waals surface area contributed by atoms with E-state index in [2.05, 4.69) is 16.8 Å². The van der Waals surface area contributed by atoms with E-state index in [1.54, 1.807) is 6.07 Å². The minimum absolute atomic E-state index is 0.0311. The van der Waals surface area contributed by atoms with Crippen LogP contribution in [0.1, 0.15) is 23.3 Å². The van der Waals surface area contributed by atoms with E-state index in [4.69, 9.17) is 4.74 Å². The van der Waals surface area contributed by atoms with Gasteiger partial charge in [-0.3, -0.25) is 4.79 Å². The summed E-state index contributed by atoms with van der Waals surface area (Å²) in [6.07, 6.45) is 1.46. The monoisotopic (exact) mass is 343 g/mol. The zero-order valence-corrected chi connectivity index (χ0v) is 14.4. The molecule has 2 aliphatic rings. The fourth-order valence-electron chi connectivity index (χ4n) is 3.63. The lowest BCUT2D eigenvalue weighted by Gasteiger charge is -2.36. The molecule has 0 unspecified atom stereocenters. The molecule has 3 heterocycles. The van der Waals surface area contributed by atoms with E-state index in [1.807, 2.05) is 17.6 Å². The molecule has 7 nitrogen and oxygen atoms in total. The summed E-state index contributed by atoms with van der Waals surface area (Å²) in [6.45, 7) is 6.14. The van der Waals surface area contributed by atoms with E-state index in [9.17, 15) is 14.7 Å². The molecule has 0 saturated carbocycles. The van der Waals surface area contributed by atoms with Crippen molar-refractivity contribution < 1.29 is 14.6 Å². The van der Waals surface area contributed by atoms with Gasteiger partial charge in [-0.2, -0.15) is 0 Å². The van der Waals surface area contributed by atoms with Gasteiger partial charge in [-0.05, 0) is 26.1 Å². The first-order valence-corrected chi connectivity index (χ1v) is 8.49. The Hall–Kier alpha value is -2.54. The van der Waals surface area contributed by atoms with Crippen molar-refractivity contribution in [1.29, 1.82) is 0 Å². The maximum absolute atomic E-state index is 12.6. The lowest BCUT2D eigenvalue weighted by Crippen LogP contribution is -2.44. The maximum Gasteiger partial charge on any atom is 0.341 e. The van der Waals surface area contributed by atoms with Gasteiger partial charge in [0.25, 0.3) is 0 Å². The molecule has 25 heavy (non-hydrogen) atoms. The van der Waals surface area contributed by atoms with Crippen LogP contribution in [0.3, 0.4) is 0 Å². The van der Waals surface area contributed by atoms with E-state index in [0.29, 0.717) is 23.3 Å². The van der Waals surface area contributed by atoms with Crippen LogP contribution in [0, 0.1) is 0 Å². The number of hydrogen-bond acceptors (Lipinski definition) is 5. The number of ether oxygens (including phenoxy) is 1. The Kier molecular flexibility index (Phi) is 3.68. The average Bonchev–Trinajstić information content (AvgIpc) is 2.60. The first-order valence-electron chi connectivity index (χ1n) is 8.49. The van der Waals surface area contributed by atoms with Crippen LogP contribution in [-0.4, -0.2) is 60.4 Å². The number of likely N-dealkylation sites (N-methyl/N-ethyl adjacent to an activating group) is 1. The number of piperazine rings is 1. The van der Waals surface area contributed by atoms with E-state index in [0.717, 1.165) is 31.9 Å². The molecule has 0 radical (unpaired) electrons. The smallest absolute Gasteiger partial charge is 0.341 e. The van der Waals surface area contributed by atoms with Crippen LogP contribution in [0.4, 0.5) is 5.69 Å². The summed E-state index contributed by atoms with van der Waals surface area (Å²) in [5.74, 6) is -0.506. The van der Waals surface area contributed by atoms with Gasteiger partial charge in [0.2, 0.25) is 5.43 Å². The fraction of sp³-hybridized carbons (Fsp3) is 0.444. The summed E-state index contributed by atoms with van der Waals surface area (Å²) in [7, 11) is 2.10. The highest BCUT2D eigenvalue weighted by atomic mass is 16.5. The number of pyridine rings is 1. The van der Waals surface area contributed by atoms with Crippen LogP contribution in [0.25, 0.3) is 10.9 Å². The number of rotatable bonds is 2. The maximum atomic E-state index is 12.6. The molecule has 2 aliphatic heterocycles. The molecular formula is C18H21N3O4. The summed E-state index contributed by atoms with van der Waals surface area (Å²) >= 11 is 0. The zero-order valence-electron chi connectivity index (χ0n) is 14.4. The molecule has 0 aliphatic carbocycles. The number of hydrogen-bond donors (Lipinski definition) is 1. The molecule has 1 fully saturated rings. The van der Waals surface area contributed by atoms with Crippen LogP contribution in [0.5, 0.6) is 5.75 Å². The Morgan fingerprint density at radius 1 is 1.24 bits per heavy atom. The number of anilines is 1. The quantitative estimate of drug-likeness (QED) is 0.889. The van der Waals surface area contributed by atoms with Crippen LogP contribution in [0.2, 0.25) is 0 Å². The molecule has 7 heteroatoms. The molecular weight excluding hydrogens is 322 g/mol. The number of carboxylic acids is 1. The number of benzene rings is 1. The topological polar surface area (TPSA) is 75.0 Å². The third-order valence-corrected chi connectivity index (χ3v) is 5.14. The molecule has 0 bridgehead atoms. The highest BCUT2D eigenvalue weighted by Gasteiger charge is 2.28. The Morgan fingerprint density at radius 3 is 2.64 bits per heavy atom. The van der Waals surface area contributed by atoms with Crippen molar-refractivity contribution in [2.45, 2.75) is 13.0 Å². The van der Waals surface area contributed by atoms with Crippen molar-refractivity contribution >= 4 is 22.6 Å². The van der Waals surface area contributed by atoms with Crippen LogP contribution in [-0.2, 0) is 0 Å². The molecule has 1 aromatic carbocycles. The molecule has 132 valence electrons. The second-order valence-electron chi connectivity index (χ2n) is 6.84. The van der Waals surface area contributed by atoms with Gasteiger partial charge in [0.05, 0.1) is 22.6 Å². The standard InChI is InChI=1S/C18H21N3O4/c1-11-10-25-17-14(20-7-5-19(2)6-8-20)4-3-12-15(17)21(11)9-13(16(12)22)18(23)24/h3-4,9,11H,5-8,10H2,1-2H3,(H,23,24)/t11-/m1/s1. The summed E-state index contributed by atoms with van der Waals surface area (Å²) in [5.41, 5.74) is 1.02. The van der Waals surface area contributed by atoms with E-state index in [-0.39, 0.29) is 11.6 Å². The third kappa shape index (κ3) is 2.46. The second kappa shape index (κ2) is 5.77. The number of nitrogens with zero attached hydrogens (tertiary/aromatic N) is 3. The minimum Gasteiger partial charge on any atom is -0.487 e. The largest absolute Gasteiger partial charge is 0.487 e. The molecule has 4 rings (SSSR count). The van der Waals surface area contributed by atoms with E-state index < -0.39 is 11.4 Å². The van der Waals surface area contributed by atoms with Gasteiger partial charge in [0.1, 0.15) is 12.2 Å². The van der Waals surface area contributed by atoms with Gasteiger partial charge in [-0.25, -0.2) is 4.79 Å². The molecule has 1 N–H and O–H groups in total. The Bertz CT molecular complexity index is 913. The van der Waals surface area contributed by atoms with Gasteiger partial charge in [0.15, 0.2) is 5.75 Å². The van der Waals surface area contributed by atoms with Crippen molar-refractivity contribution in [1.82, 2.24) is 9.47 Å². The number of aromatic carboxylic acids is 1. The second-order valence-corrected chi connectivity index (χ2v) is 6.84. The Morgan fingerprint density at radius 2 is 1.96 bits per heavy atom. The van der Waals surface area contributed by atoms with Gasteiger partial charge in [-0.1, -0.05) is 0 Å². The summed E-state index contributed by atoms with van der Waals surface area (Å²) in [4.78, 5) is 28.6. The summed E-state index contributed by atoms with van der Waals surface area (Å²) in [5, 5.41) is 9.75. The van der Waals surface area contributed by atoms with E-state index in [1.165, 1.54) is 6.20 Å². The first kappa shape index (κ1) is 16.0.